The molecular weight excluding hydrogens is 467 g/mol. The predicted octanol–water partition coefficient (Wildman–Crippen LogP) is 4.93. The van der Waals surface area contributed by atoms with E-state index >= 15 is 0 Å². The second-order valence-corrected chi connectivity index (χ2v) is 8.36. The number of aromatic nitrogens is 2. The number of hydrogen-bond donors (Lipinski definition) is 1. The highest BCUT2D eigenvalue weighted by molar-refractivity contribution is 7.99. The normalized spacial score (nSPS) is 11.2. The molecule has 1 amide bonds. The lowest BCUT2D eigenvalue weighted by Gasteiger charge is -2.12. The Hall–Kier alpha value is -3.13. The van der Waals surface area contributed by atoms with Crippen molar-refractivity contribution in [3.63, 3.8) is 0 Å². The zero-order valence-corrected chi connectivity index (χ0v) is 18.9. The Labute approximate surface area is 197 Å². The zero-order chi connectivity index (χ0) is 22.5. The van der Waals surface area contributed by atoms with Crippen LogP contribution in [-0.2, 0) is 4.79 Å². The molecule has 3 aromatic carbocycles. The number of amides is 1. The molecule has 9 heteroatoms. The van der Waals surface area contributed by atoms with Crippen LogP contribution in [0.5, 0.6) is 0 Å². The molecule has 0 aliphatic heterocycles. The third-order valence-electron chi connectivity index (χ3n) is 4.47. The Kier molecular flexibility index (Phi) is 6.90. The lowest BCUT2D eigenvalue weighted by molar-refractivity contribution is -0.118. The van der Waals surface area contributed by atoms with E-state index in [1.165, 1.54) is 10.8 Å². The van der Waals surface area contributed by atoms with Gasteiger partial charge in [-0.15, -0.1) is 0 Å². The van der Waals surface area contributed by atoms with E-state index in [2.05, 4.69) is 15.5 Å². The van der Waals surface area contributed by atoms with Crippen molar-refractivity contribution in [2.75, 3.05) is 5.75 Å². The van der Waals surface area contributed by atoms with Gasteiger partial charge in [-0.2, -0.15) is 5.10 Å². The van der Waals surface area contributed by atoms with Crippen LogP contribution in [0.4, 0.5) is 0 Å². The topological polar surface area (TPSA) is 76.3 Å². The van der Waals surface area contributed by atoms with Gasteiger partial charge in [-0.1, -0.05) is 71.4 Å². The Balaban J connectivity index is 1.56. The third kappa shape index (κ3) is 4.85. The summed E-state index contributed by atoms with van der Waals surface area (Å²) in [5.41, 5.74) is 4.00. The molecule has 0 spiro atoms. The van der Waals surface area contributed by atoms with Crippen molar-refractivity contribution in [1.82, 2.24) is 15.0 Å². The van der Waals surface area contributed by atoms with E-state index in [9.17, 15) is 9.59 Å². The quantitative estimate of drug-likeness (QED) is 0.183. The second-order valence-electron chi connectivity index (χ2n) is 6.60. The third-order valence-corrected chi connectivity index (χ3v) is 6.07. The Morgan fingerprint density at radius 3 is 2.44 bits per heavy atom. The van der Waals surface area contributed by atoms with Crippen molar-refractivity contribution < 1.29 is 4.79 Å². The standard InChI is InChI=1S/C23H16Cl2N4O2S/c24-18-10-6-11-19(25)17(18)13-26-28-21(30)14-32-23-27-20-12-5-4-9-16(20)22(31)29(23)15-7-2-1-3-8-15/h1-13H,14H2,(H,28,30)/b26-13+. The Bertz CT molecular complexity index is 1350. The molecule has 6 nitrogen and oxygen atoms in total. The van der Waals surface area contributed by atoms with Crippen molar-refractivity contribution in [2.45, 2.75) is 5.16 Å². The summed E-state index contributed by atoms with van der Waals surface area (Å²) < 4.78 is 1.51. The lowest BCUT2D eigenvalue weighted by Crippen LogP contribution is -2.24. The van der Waals surface area contributed by atoms with Gasteiger partial charge >= 0.3 is 0 Å². The summed E-state index contributed by atoms with van der Waals surface area (Å²) in [5, 5.41) is 5.70. The number of para-hydroxylation sites is 2. The molecule has 1 N–H and O–H groups in total. The number of carbonyl (C=O) groups excluding carboxylic acids is 1. The van der Waals surface area contributed by atoms with E-state index in [4.69, 9.17) is 23.2 Å². The van der Waals surface area contributed by atoms with Gasteiger partial charge in [-0.05, 0) is 36.4 Å². The molecule has 0 unspecified atom stereocenters. The summed E-state index contributed by atoms with van der Waals surface area (Å²) in [5.74, 6) is -0.359. The van der Waals surface area contributed by atoms with Gasteiger partial charge in [-0.3, -0.25) is 14.2 Å². The molecule has 0 aliphatic rings. The first-order chi connectivity index (χ1) is 15.5. The summed E-state index contributed by atoms with van der Waals surface area (Å²) in [6.45, 7) is 0. The van der Waals surface area contributed by atoms with Crippen molar-refractivity contribution in [3.8, 4) is 5.69 Å². The molecule has 4 rings (SSSR count). The number of rotatable bonds is 6. The fourth-order valence-corrected chi connectivity index (χ4v) is 4.28. The Morgan fingerprint density at radius 1 is 1.00 bits per heavy atom. The number of fused-ring (bicyclic) bond motifs is 1. The van der Waals surface area contributed by atoms with Crippen LogP contribution in [0.2, 0.25) is 10.0 Å². The number of benzene rings is 3. The molecule has 0 saturated carbocycles. The van der Waals surface area contributed by atoms with Gasteiger partial charge in [0.25, 0.3) is 11.5 Å². The number of hydrazone groups is 1. The predicted molar refractivity (Wildman–Crippen MR) is 130 cm³/mol. The number of hydrogen-bond acceptors (Lipinski definition) is 5. The van der Waals surface area contributed by atoms with E-state index in [0.29, 0.717) is 37.4 Å². The summed E-state index contributed by atoms with van der Waals surface area (Å²) in [6.07, 6.45) is 1.39. The molecule has 1 heterocycles. The number of nitrogens with zero attached hydrogens (tertiary/aromatic N) is 3. The van der Waals surface area contributed by atoms with Crippen molar-refractivity contribution in [3.05, 3.63) is 98.8 Å². The van der Waals surface area contributed by atoms with Gasteiger partial charge in [-0.25, -0.2) is 10.4 Å². The van der Waals surface area contributed by atoms with Crippen LogP contribution >= 0.6 is 35.0 Å². The number of nitrogens with one attached hydrogen (secondary N) is 1. The first-order valence-electron chi connectivity index (χ1n) is 9.50. The van der Waals surface area contributed by atoms with Crippen molar-refractivity contribution >= 4 is 58.0 Å². The monoisotopic (exact) mass is 482 g/mol. The van der Waals surface area contributed by atoms with Crippen molar-refractivity contribution in [1.29, 1.82) is 0 Å². The number of halogens is 2. The lowest BCUT2D eigenvalue weighted by atomic mass is 10.2. The minimum atomic E-state index is -0.364. The van der Waals surface area contributed by atoms with Crippen molar-refractivity contribution in [2.24, 2.45) is 5.10 Å². The second kappa shape index (κ2) is 9.99. The minimum Gasteiger partial charge on any atom is -0.272 e. The maximum atomic E-state index is 13.1. The fraction of sp³-hybridized carbons (Fsp3) is 0.0435. The van der Waals surface area contributed by atoms with Gasteiger partial charge in [0, 0.05) is 5.56 Å². The van der Waals surface area contributed by atoms with E-state index in [0.717, 1.165) is 11.8 Å². The number of carbonyl (C=O) groups is 1. The van der Waals surface area contributed by atoms with E-state index < -0.39 is 0 Å². The molecular formula is C23H16Cl2N4O2S. The van der Waals surface area contributed by atoms with Gasteiger partial charge < -0.3 is 0 Å². The molecule has 0 bridgehead atoms. The SMILES string of the molecule is O=C(CSc1nc2ccccc2c(=O)n1-c1ccccc1)N/N=C/c1c(Cl)cccc1Cl. The Morgan fingerprint density at radius 2 is 1.69 bits per heavy atom. The summed E-state index contributed by atoms with van der Waals surface area (Å²) in [7, 11) is 0. The van der Waals surface area contributed by atoms with E-state index in [1.54, 1.807) is 36.4 Å². The number of thioether (sulfide) groups is 1. The fourth-order valence-electron chi connectivity index (χ4n) is 2.98. The first-order valence-corrected chi connectivity index (χ1v) is 11.2. The molecule has 4 aromatic rings. The maximum absolute atomic E-state index is 13.1. The first kappa shape index (κ1) is 22.1. The van der Waals surface area contributed by atoms with Crippen LogP contribution in [0, 0.1) is 0 Å². The van der Waals surface area contributed by atoms with Crippen LogP contribution in [0.15, 0.2) is 87.8 Å². The minimum absolute atomic E-state index is 0.00517. The van der Waals surface area contributed by atoms with Gasteiger partial charge in [0.15, 0.2) is 5.16 Å². The summed E-state index contributed by atoms with van der Waals surface area (Å²) in [6, 6.07) is 21.4. The molecule has 0 atom stereocenters. The molecule has 0 aliphatic carbocycles. The molecule has 0 fully saturated rings. The highest BCUT2D eigenvalue weighted by Crippen LogP contribution is 2.23. The van der Waals surface area contributed by atoms with Gasteiger partial charge in [0.1, 0.15) is 0 Å². The molecule has 1 aromatic heterocycles. The zero-order valence-electron chi connectivity index (χ0n) is 16.5. The largest absolute Gasteiger partial charge is 0.272 e. The average molecular weight is 483 g/mol. The average Bonchev–Trinajstić information content (AvgIpc) is 2.80. The van der Waals surface area contributed by atoms with Crippen LogP contribution in [0.3, 0.4) is 0 Å². The van der Waals surface area contributed by atoms with Crippen LogP contribution in [-0.4, -0.2) is 27.4 Å². The van der Waals surface area contributed by atoms with Crippen LogP contribution < -0.4 is 11.0 Å². The molecule has 0 radical (unpaired) electrons. The molecule has 32 heavy (non-hydrogen) atoms. The van der Waals surface area contributed by atoms with Gasteiger partial charge in [0.05, 0.1) is 38.6 Å². The highest BCUT2D eigenvalue weighted by Gasteiger charge is 2.14. The summed E-state index contributed by atoms with van der Waals surface area (Å²) in [4.78, 5) is 30.1. The molecule has 0 saturated heterocycles. The smallest absolute Gasteiger partial charge is 0.266 e. The highest BCUT2D eigenvalue weighted by atomic mass is 35.5. The van der Waals surface area contributed by atoms with Crippen LogP contribution in [0.25, 0.3) is 16.6 Å². The molecule has 160 valence electrons. The van der Waals surface area contributed by atoms with Crippen LogP contribution in [0.1, 0.15) is 5.56 Å². The van der Waals surface area contributed by atoms with E-state index in [-0.39, 0.29) is 17.2 Å². The summed E-state index contributed by atoms with van der Waals surface area (Å²) >= 11 is 13.3. The van der Waals surface area contributed by atoms with Gasteiger partial charge in [0.2, 0.25) is 0 Å². The maximum Gasteiger partial charge on any atom is 0.266 e. The van der Waals surface area contributed by atoms with E-state index in [1.807, 2.05) is 36.4 Å².